The maximum absolute atomic E-state index is 9.92. The molecular formula is C13H18O3. The van der Waals surface area contributed by atoms with Gasteiger partial charge in [0.15, 0.2) is 0 Å². The molecule has 1 aliphatic carbocycles. The highest BCUT2D eigenvalue weighted by Crippen LogP contribution is 2.56. The van der Waals surface area contributed by atoms with Gasteiger partial charge in [-0.05, 0) is 31.9 Å². The average molecular weight is 222 g/mol. The lowest BCUT2D eigenvalue weighted by Crippen LogP contribution is -2.24. The second kappa shape index (κ2) is 3.98. The Labute approximate surface area is 96.0 Å². The van der Waals surface area contributed by atoms with E-state index in [2.05, 4.69) is 0 Å². The van der Waals surface area contributed by atoms with Gasteiger partial charge in [0.05, 0.1) is 20.3 Å². The molecule has 1 N–H and O–H groups in total. The third-order valence-corrected chi connectivity index (χ3v) is 3.51. The van der Waals surface area contributed by atoms with Gasteiger partial charge >= 0.3 is 0 Å². The zero-order valence-corrected chi connectivity index (χ0v) is 9.99. The second-order valence-electron chi connectivity index (χ2n) is 4.37. The number of ether oxygens (including phenoxy) is 2. The van der Waals surface area contributed by atoms with Gasteiger partial charge in [0.25, 0.3) is 0 Å². The molecule has 1 saturated carbocycles. The van der Waals surface area contributed by atoms with Crippen LogP contribution in [0, 0.1) is 0 Å². The molecule has 0 radical (unpaired) electrons. The Morgan fingerprint density at radius 2 is 1.69 bits per heavy atom. The van der Waals surface area contributed by atoms with Crippen LogP contribution < -0.4 is 9.47 Å². The fourth-order valence-electron chi connectivity index (χ4n) is 2.35. The van der Waals surface area contributed by atoms with E-state index >= 15 is 0 Å². The lowest BCUT2D eigenvalue weighted by Gasteiger charge is -2.23. The summed E-state index contributed by atoms with van der Waals surface area (Å²) in [6, 6.07) is 5.74. The van der Waals surface area contributed by atoms with E-state index in [1.807, 2.05) is 25.1 Å². The lowest BCUT2D eigenvalue weighted by atomic mass is 9.89. The first-order chi connectivity index (χ1) is 7.65. The van der Waals surface area contributed by atoms with Gasteiger partial charge in [-0.1, -0.05) is 6.07 Å². The summed E-state index contributed by atoms with van der Waals surface area (Å²) in [5.74, 6) is 1.61. The second-order valence-corrected chi connectivity index (χ2v) is 4.37. The third kappa shape index (κ3) is 1.55. The van der Waals surface area contributed by atoms with Crippen LogP contribution in [0.4, 0.5) is 0 Å². The summed E-state index contributed by atoms with van der Waals surface area (Å²) < 4.78 is 10.7. The van der Waals surface area contributed by atoms with Crippen LogP contribution in [0.3, 0.4) is 0 Å². The zero-order valence-electron chi connectivity index (χ0n) is 9.99. The molecule has 88 valence electrons. The number of hydrogen-bond acceptors (Lipinski definition) is 3. The standard InChI is InChI=1S/C13H18O3/c1-9(14)13(7-8-13)12-10(15-2)5-4-6-11(12)16-3/h4-6,9,14H,7-8H2,1-3H3. The van der Waals surface area contributed by atoms with Gasteiger partial charge in [0, 0.05) is 11.0 Å². The van der Waals surface area contributed by atoms with Crippen molar-refractivity contribution in [3.63, 3.8) is 0 Å². The van der Waals surface area contributed by atoms with Crippen molar-refractivity contribution in [1.82, 2.24) is 0 Å². The summed E-state index contributed by atoms with van der Waals surface area (Å²) in [7, 11) is 3.30. The molecular weight excluding hydrogens is 204 g/mol. The molecule has 1 aromatic carbocycles. The van der Waals surface area contributed by atoms with Gasteiger partial charge in [-0.3, -0.25) is 0 Å². The fourth-order valence-corrected chi connectivity index (χ4v) is 2.35. The molecule has 0 bridgehead atoms. The molecule has 0 heterocycles. The highest BCUT2D eigenvalue weighted by atomic mass is 16.5. The van der Waals surface area contributed by atoms with Crippen molar-refractivity contribution in [3.05, 3.63) is 23.8 Å². The predicted octanol–water partition coefficient (Wildman–Crippen LogP) is 2.12. The fraction of sp³-hybridized carbons (Fsp3) is 0.538. The van der Waals surface area contributed by atoms with Crippen molar-refractivity contribution in [2.24, 2.45) is 0 Å². The molecule has 3 nitrogen and oxygen atoms in total. The van der Waals surface area contributed by atoms with Crippen LogP contribution in [-0.4, -0.2) is 25.4 Å². The van der Waals surface area contributed by atoms with E-state index < -0.39 is 0 Å². The van der Waals surface area contributed by atoms with Gasteiger partial charge < -0.3 is 14.6 Å². The monoisotopic (exact) mass is 222 g/mol. The minimum absolute atomic E-state index is 0.169. The van der Waals surface area contributed by atoms with E-state index in [4.69, 9.17) is 9.47 Å². The van der Waals surface area contributed by atoms with Crippen LogP contribution in [0.1, 0.15) is 25.3 Å². The molecule has 1 atom stereocenters. The lowest BCUT2D eigenvalue weighted by molar-refractivity contribution is 0.147. The van der Waals surface area contributed by atoms with Gasteiger partial charge in [-0.2, -0.15) is 0 Å². The molecule has 2 rings (SSSR count). The normalized spacial score (nSPS) is 19.0. The molecule has 0 spiro atoms. The van der Waals surface area contributed by atoms with E-state index in [1.165, 1.54) is 0 Å². The smallest absolute Gasteiger partial charge is 0.126 e. The zero-order chi connectivity index (χ0) is 11.8. The highest BCUT2D eigenvalue weighted by molar-refractivity contribution is 5.53. The van der Waals surface area contributed by atoms with Crippen molar-refractivity contribution in [3.8, 4) is 11.5 Å². The Kier molecular flexibility index (Phi) is 2.80. The average Bonchev–Trinajstić information content (AvgIpc) is 3.09. The van der Waals surface area contributed by atoms with Crippen molar-refractivity contribution in [2.45, 2.75) is 31.3 Å². The maximum atomic E-state index is 9.92. The minimum atomic E-state index is -0.377. The molecule has 1 fully saturated rings. The van der Waals surface area contributed by atoms with E-state index in [-0.39, 0.29) is 11.5 Å². The third-order valence-electron chi connectivity index (χ3n) is 3.51. The summed E-state index contributed by atoms with van der Waals surface area (Å²) in [6.07, 6.45) is 1.60. The molecule has 0 saturated heterocycles. The largest absolute Gasteiger partial charge is 0.496 e. The molecule has 0 aliphatic heterocycles. The van der Waals surface area contributed by atoms with Crippen LogP contribution in [-0.2, 0) is 5.41 Å². The number of rotatable bonds is 4. The first kappa shape index (κ1) is 11.3. The molecule has 16 heavy (non-hydrogen) atoms. The SMILES string of the molecule is COc1cccc(OC)c1C1(C(C)O)CC1. The van der Waals surface area contributed by atoms with Crippen molar-refractivity contribution in [1.29, 1.82) is 0 Å². The Hall–Kier alpha value is -1.22. The van der Waals surface area contributed by atoms with E-state index in [1.54, 1.807) is 14.2 Å². The summed E-state index contributed by atoms with van der Waals surface area (Å²) in [5.41, 5.74) is 0.841. The van der Waals surface area contributed by atoms with Crippen LogP contribution in [0.5, 0.6) is 11.5 Å². The van der Waals surface area contributed by atoms with E-state index in [0.29, 0.717) is 0 Å². The number of benzene rings is 1. The molecule has 0 amide bonds. The Bertz CT molecular complexity index is 359. The molecule has 1 unspecified atom stereocenters. The number of aliphatic hydroxyl groups is 1. The summed E-state index contributed by atoms with van der Waals surface area (Å²) in [5, 5.41) is 9.92. The van der Waals surface area contributed by atoms with Gasteiger partial charge in [0.1, 0.15) is 11.5 Å². The topological polar surface area (TPSA) is 38.7 Å². The van der Waals surface area contributed by atoms with Crippen molar-refractivity contribution < 1.29 is 14.6 Å². The maximum Gasteiger partial charge on any atom is 0.126 e. The van der Waals surface area contributed by atoms with Crippen LogP contribution in [0.25, 0.3) is 0 Å². The van der Waals surface area contributed by atoms with Gasteiger partial charge in [0.2, 0.25) is 0 Å². The van der Waals surface area contributed by atoms with Crippen LogP contribution in [0.2, 0.25) is 0 Å². The molecule has 0 aromatic heterocycles. The minimum Gasteiger partial charge on any atom is -0.496 e. The van der Waals surface area contributed by atoms with E-state index in [9.17, 15) is 5.11 Å². The van der Waals surface area contributed by atoms with Crippen LogP contribution >= 0.6 is 0 Å². The van der Waals surface area contributed by atoms with Crippen molar-refractivity contribution >= 4 is 0 Å². The molecule has 1 aliphatic rings. The summed E-state index contributed by atoms with van der Waals surface area (Å²) in [4.78, 5) is 0. The van der Waals surface area contributed by atoms with Gasteiger partial charge in [-0.15, -0.1) is 0 Å². The Balaban J connectivity index is 2.53. The summed E-state index contributed by atoms with van der Waals surface area (Å²) >= 11 is 0. The van der Waals surface area contributed by atoms with Gasteiger partial charge in [-0.25, -0.2) is 0 Å². The number of methoxy groups -OCH3 is 2. The van der Waals surface area contributed by atoms with Crippen LogP contribution in [0.15, 0.2) is 18.2 Å². The summed E-state index contributed by atoms with van der Waals surface area (Å²) in [6.45, 7) is 1.83. The van der Waals surface area contributed by atoms with Crippen molar-refractivity contribution in [2.75, 3.05) is 14.2 Å². The first-order valence-electron chi connectivity index (χ1n) is 5.55. The Morgan fingerprint density at radius 1 is 1.19 bits per heavy atom. The quantitative estimate of drug-likeness (QED) is 0.848. The predicted molar refractivity (Wildman–Crippen MR) is 62.1 cm³/mol. The molecule has 1 aromatic rings. The van der Waals surface area contributed by atoms with E-state index in [0.717, 1.165) is 29.9 Å². The molecule has 3 heteroatoms. The number of aliphatic hydroxyl groups excluding tert-OH is 1. The highest BCUT2D eigenvalue weighted by Gasteiger charge is 2.51. The number of hydrogen-bond donors (Lipinski definition) is 1. The first-order valence-corrected chi connectivity index (χ1v) is 5.55. The Morgan fingerprint density at radius 3 is 2.00 bits per heavy atom.